The molecule has 0 atom stereocenters. The predicted octanol–water partition coefficient (Wildman–Crippen LogP) is 0.170. The van der Waals surface area contributed by atoms with E-state index in [1.807, 2.05) is 24.3 Å². The first-order chi connectivity index (χ1) is 10.8. The van der Waals surface area contributed by atoms with Gasteiger partial charge in [-0.2, -0.15) is 5.10 Å². The van der Waals surface area contributed by atoms with Crippen LogP contribution in [0.5, 0.6) is 0 Å². The van der Waals surface area contributed by atoms with E-state index in [4.69, 9.17) is 0 Å². The highest BCUT2D eigenvalue weighted by Gasteiger charge is 2.13. The van der Waals surface area contributed by atoms with E-state index in [9.17, 15) is 4.79 Å². The number of benzene rings is 1. The van der Waals surface area contributed by atoms with Crippen molar-refractivity contribution in [2.45, 2.75) is 6.54 Å². The van der Waals surface area contributed by atoms with Gasteiger partial charge in [0.25, 0.3) is 0 Å². The van der Waals surface area contributed by atoms with E-state index in [1.165, 1.54) is 6.33 Å². The summed E-state index contributed by atoms with van der Waals surface area (Å²) in [5, 5.41) is 10.3. The molecule has 1 amide bonds. The van der Waals surface area contributed by atoms with Crippen LogP contribution >= 0.6 is 0 Å². The van der Waals surface area contributed by atoms with Gasteiger partial charge in [0.2, 0.25) is 5.91 Å². The Hall–Kier alpha value is -2.25. The van der Waals surface area contributed by atoms with Crippen LogP contribution < -0.4 is 10.6 Å². The lowest BCUT2D eigenvalue weighted by atomic mass is 10.2. The first-order valence-electron chi connectivity index (χ1n) is 7.44. The third-order valence-corrected chi connectivity index (χ3v) is 3.63. The molecule has 2 heterocycles. The Morgan fingerprint density at radius 3 is 2.68 bits per heavy atom. The van der Waals surface area contributed by atoms with Crippen LogP contribution in [0.1, 0.15) is 5.56 Å². The maximum atomic E-state index is 12.0. The normalized spacial score (nSPS) is 15.6. The van der Waals surface area contributed by atoms with Crippen molar-refractivity contribution in [2.75, 3.05) is 38.0 Å². The molecule has 0 radical (unpaired) electrons. The predicted molar refractivity (Wildman–Crippen MR) is 83.5 cm³/mol. The van der Waals surface area contributed by atoms with E-state index < -0.39 is 0 Å². The molecule has 1 fully saturated rings. The zero-order valence-electron chi connectivity index (χ0n) is 12.4. The number of hydrogen-bond donors (Lipinski definition) is 2. The molecule has 1 aromatic carbocycles. The third-order valence-electron chi connectivity index (χ3n) is 3.63. The summed E-state index contributed by atoms with van der Waals surface area (Å²) >= 11 is 0. The van der Waals surface area contributed by atoms with Crippen LogP contribution in [0, 0.1) is 0 Å². The minimum absolute atomic E-state index is 0.0333. The van der Waals surface area contributed by atoms with E-state index in [0.717, 1.165) is 37.4 Å². The van der Waals surface area contributed by atoms with Crippen molar-refractivity contribution in [2.24, 2.45) is 0 Å². The summed E-state index contributed by atoms with van der Waals surface area (Å²) in [6.07, 6.45) is 3.20. The molecule has 3 rings (SSSR count). The summed E-state index contributed by atoms with van der Waals surface area (Å²) < 4.78 is 1.76. The molecule has 2 aromatic rings. The second-order valence-electron chi connectivity index (χ2n) is 5.36. The molecule has 0 spiro atoms. The van der Waals surface area contributed by atoms with Gasteiger partial charge in [-0.15, -0.1) is 0 Å². The fourth-order valence-corrected chi connectivity index (χ4v) is 2.47. The number of carbonyl (C=O) groups excluding carboxylic acids is 1. The molecule has 1 saturated heterocycles. The van der Waals surface area contributed by atoms with Crippen LogP contribution in [0.4, 0.5) is 5.69 Å². The summed E-state index contributed by atoms with van der Waals surface area (Å²) in [5.41, 5.74) is 1.94. The van der Waals surface area contributed by atoms with E-state index in [2.05, 4.69) is 25.6 Å². The van der Waals surface area contributed by atoms with Crippen molar-refractivity contribution in [3.8, 4) is 0 Å². The Bertz CT molecular complexity index is 589. The van der Waals surface area contributed by atoms with Gasteiger partial charge in [0, 0.05) is 31.9 Å². The summed E-state index contributed by atoms with van der Waals surface area (Å²) in [7, 11) is 0. The molecule has 7 nitrogen and oxygen atoms in total. The molecule has 1 aliphatic rings. The summed E-state index contributed by atoms with van der Waals surface area (Å²) in [5.74, 6) is 0.0333. The van der Waals surface area contributed by atoms with Gasteiger partial charge in [0.05, 0.1) is 13.1 Å². The molecular weight excluding hydrogens is 280 g/mol. The SMILES string of the molecule is O=C(CN1CCNCC1)Nc1ccc(Cn2cncn2)cc1. The van der Waals surface area contributed by atoms with Crippen LogP contribution in [0.25, 0.3) is 0 Å². The average Bonchev–Trinajstić information content (AvgIpc) is 3.03. The highest BCUT2D eigenvalue weighted by molar-refractivity contribution is 5.92. The van der Waals surface area contributed by atoms with Crippen molar-refractivity contribution in [3.05, 3.63) is 42.5 Å². The van der Waals surface area contributed by atoms with Crippen LogP contribution in [0.2, 0.25) is 0 Å². The van der Waals surface area contributed by atoms with Gasteiger partial charge in [0.1, 0.15) is 12.7 Å². The van der Waals surface area contributed by atoms with Crippen LogP contribution in [-0.4, -0.2) is 58.3 Å². The highest BCUT2D eigenvalue weighted by atomic mass is 16.2. The number of nitrogens with one attached hydrogen (secondary N) is 2. The monoisotopic (exact) mass is 300 g/mol. The van der Waals surface area contributed by atoms with Gasteiger partial charge in [-0.1, -0.05) is 12.1 Å². The topological polar surface area (TPSA) is 75.1 Å². The molecule has 116 valence electrons. The Morgan fingerprint density at radius 1 is 1.23 bits per heavy atom. The quantitative estimate of drug-likeness (QED) is 0.823. The second-order valence-corrected chi connectivity index (χ2v) is 5.36. The summed E-state index contributed by atoms with van der Waals surface area (Å²) in [4.78, 5) is 18.1. The second kappa shape index (κ2) is 7.15. The molecule has 1 aliphatic heterocycles. The van der Waals surface area contributed by atoms with Gasteiger partial charge in [0.15, 0.2) is 0 Å². The largest absolute Gasteiger partial charge is 0.325 e. The average molecular weight is 300 g/mol. The number of rotatable bonds is 5. The van der Waals surface area contributed by atoms with E-state index in [-0.39, 0.29) is 5.91 Å². The maximum absolute atomic E-state index is 12.0. The Labute approximate surface area is 129 Å². The lowest BCUT2D eigenvalue weighted by Gasteiger charge is -2.26. The molecule has 0 saturated carbocycles. The fourth-order valence-electron chi connectivity index (χ4n) is 2.47. The molecular formula is C15H20N6O. The van der Waals surface area contributed by atoms with Crippen molar-refractivity contribution in [3.63, 3.8) is 0 Å². The minimum Gasteiger partial charge on any atom is -0.325 e. The Balaban J connectivity index is 1.50. The number of carbonyl (C=O) groups is 1. The zero-order valence-corrected chi connectivity index (χ0v) is 12.4. The van der Waals surface area contributed by atoms with E-state index >= 15 is 0 Å². The third kappa shape index (κ3) is 4.12. The van der Waals surface area contributed by atoms with Crippen molar-refractivity contribution in [1.29, 1.82) is 0 Å². The van der Waals surface area contributed by atoms with Crippen molar-refractivity contribution >= 4 is 11.6 Å². The first-order valence-corrected chi connectivity index (χ1v) is 7.44. The first kappa shape index (κ1) is 14.7. The van der Waals surface area contributed by atoms with Crippen LogP contribution in [0.15, 0.2) is 36.9 Å². The molecule has 2 N–H and O–H groups in total. The molecule has 0 bridgehead atoms. The number of aromatic nitrogens is 3. The van der Waals surface area contributed by atoms with Crippen molar-refractivity contribution in [1.82, 2.24) is 25.0 Å². The fraction of sp³-hybridized carbons (Fsp3) is 0.400. The highest BCUT2D eigenvalue weighted by Crippen LogP contribution is 2.10. The summed E-state index contributed by atoms with van der Waals surface area (Å²) in [6.45, 7) is 4.86. The Morgan fingerprint density at radius 2 is 2.00 bits per heavy atom. The lowest BCUT2D eigenvalue weighted by molar-refractivity contribution is -0.117. The molecule has 0 unspecified atom stereocenters. The maximum Gasteiger partial charge on any atom is 0.238 e. The van der Waals surface area contributed by atoms with Crippen LogP contribution in [-0.2, 0) is 11.3 Å². The number of piperazine rings is 1. The standard InChI is InChI=1S/C15H20N6O/c22-15(10-20-7-5-16-6-8-20)19-14-3-1-13(2-4-14)9-21-12-17-11-18-21/h1-4,11-12,16H,5-10H2,(H,19,22). The van der Waals surface area contributed by atoms with Crippen LogP contribution in [0.3, 0.4) is 0 Å². The van der Waals surface area contributed by atoms with Gasteiger partial charge in [-0.3, -0.25) is 9.69 Å². The van der Waals surface area contributed by atoms with Gasteiger partial charge >= 0.3 is 0 Å². The molecule has 22 heavy (non-hydrogen) atoms. The number of hydrogen-bond acceptors (Lipinski definition) is 5. The molecule has 0 aliphatic carbocycles. The molecule has 7 heteroatoms. The van der Waals surface area contributed by atoms with E-state index in [0.29, 0.717) is 13.1 Å². The van der Waals surface area contributed by atoms with Gasteiger partial charge in [-0.05, 0) is 17.7 Å². The smallest absolute Gasteiger partial charge is 0.238 e. The van der Waals surface area contributed by atoms with E-state index in [1.54, 1.807) is 11.0 Å². The van der Waals surface area contributed by atoms with Gasteiger partial charge < -0.3 is 10.6 Å². The zero-order chi connectivity index (χ0) is 15.2. The molecule has 1 aromatic heterocycles. The number of anilines is 1. The Kier molecular flexibility index (Phi) is 4.77. The number of nitrogens with zero attached hydrogens (tertiary/aromatic N) is 4. The van der Waals surface area contributed by atoms with Crippen molar-refractivity contribution < 1.29 is 4.79 Å². The summed E-state index contributed by atoms with van der Waals surface area (Å²) in [6, 6.07) is 7.81. The minimum atomic E-state index is 0.0333. The van der Waals surface area contributed by atoms with Gasteiger partial charge in [-0.25, -0.2) is 9.67 Å². The lowest BCUT2D eigenvalue weighted by Crippen LogP contribution is -2.46. The number of amides is 1.